The minimum Gasteiger partial charge on any atom is -0.330 e. The minimum atomic E-state index is -3.73. The molecule has 1 fully saturated rings. The van der Waals surface area contributed by atoms with Crippen molar-refractivity contribution in [3.63, 3.8) is 0 Å². The quantitative estimate of drug-likeness (QED) is 0.637. The highest BCUT2D eigenvalue weighted by Crippen LogP contribution is 2.35. The molecule has 1 saturated heterocycles. The van der Waals surface area contributed by atoms with E-state index >= 15 is 0 Å². The van der Waals surface area contributed by atoms with Gasteiger partial charge in [0.25, 0.3) is 5.69 Å². The van der Waals surface area contributed by atoms with Crippen LogP contribution in [0, 0.1) is 23.0 Å². The molecule has 2 aromatic carbocycles. The van der Waals surface area contributed by atoms with Gasteiger partial charge in [-0.25, -0.2) is 8.42 Å². The van der Waals surface area contributed by atoms with Crippen LogP contribution in [0.15, 0.2) is 53.4 Å². The molecule has 1 heterocycles. The van der Waals surface area contributed by atoms with Crippen molar-refractivity contribution in [3.05, 3.63) is 69.8 Å². The number of hydrogen-bond acceptors (Lipinski definition) is 5. The van der Waals surface area contributed by atoms with Gasteiger partial charge in [-0.1, -0.05) is 30.3 Å². The fourth-order valence-corrected chi connectivity index (χ4v) is 5.10. The van der Waals surface area contributed by atoms with Crippen LogP contribution in [0.25, 0.3) is 0 Å². The predicted molar refractivity (Wildman–Crippen MR) is 98.3 cm³/mol. The van der Waals surface area contributed by atoms with E-state index in [0.29, 0.717) is 25.2 Å². The molecule has 2 atom stereocenters. The van der Waals surface area contributed by atoms with Crippen molar-refractivity contribution in [1.82, 2.24) is 4.31 Å². The van der Waals surface area contributed by atoms with Gasteiger partial charge < -0.3 is 5.73 Å². The van der Waals surface area contributed by atoms with Gasteiger partial charge in [0.15, 0.2) is 0 Å². The Morgan fingerprint density at radius 1 is 1.19 bits per heavy atom. The zero-order valence-electron chi connectivity index (χ0n) is 14.4. The summed E-state index contributed by atoms with van der Waals surface area (Å²) in [5, 5.41) is 11.0. The Bertz CT molecular complexity index is 915. The molecular formula is C18H21N3O4S. The zero-order valence-corrected chi connectivity index (χ0v) is 15.2. The van der Waals surface area contributed by atoms with Crippen LogP contribution >= 0.6 is 0 Å². The largest absolute Gasteiger partial charge is 0.330 e. The first-order valence-corrected chi connectivity index (χ1v) is 9.79. The maximum Gasteiger partial charge on any atom is 0.272 e. The van der Waals surface area contributed by atoms with Gasteiger partial charge >= 0.3 is 0 Å². The summed E-state index contributed by atoms with van der Waals surface area (Å²) in [7, 11) is -3.73. The molecule has 0 amide bonds. The minimum absolute atomic E-state index is 0.0336. The van der Waals surface area contributed by atoms with Gasteiger partial charge in [-0.3, -0.25) is 10.1 Å². The van der Waals surface area contributed by atoms with Crippen LogP contribution in [0.4, 0.5) is 5.69 Å². The summed E-state index contributed by atoms with van der Waals surface area (Å²) in [6.45, 7) is 2.63. The van der Waals surface area contributed by atoms with Crippen LogP contribution in [-0.4, -0.2) is 37.3 Å². The Hall–Kier alpha value is -2.29. The van der Waals surface area contributed by atoms with E-state index in [0.717, 1.165) is 5.56 Å². The van der Waals surface area contributed by atoms with Crippen LogP contribution in [0.2, 0.25) is 0 Å². The number of sulfonamides is 1. The molecule has 0 radical (unpaired) electrons. The molecule has 138 valence electrons. The molecule has 0 aliphatic carbocycles. The second kappa shape index (κ2) is 7.14. The van der Waals surface area contributed by atoms with Crippen molar-refractivity contribution in [2.45, 2.75) is 17.7 Å². The van der Waals surface area contributed by atoms with E-state index in [-0.39, 0.29) is 22.4 Å². The lowest BCUT2D eigenvalue weighted by Gasteiger charge is -2.17. The fraction of sp³-hybridized carbons (Fsp3) is 0.333. The highest BCUT2D eigenvalue weighted by Gasteiger charge is 2.39. The maximum absolute atomic E-state index is 13.0. The van der Waals surface area contributed by atoms with Gasteiger partial charge in [-0.15, -0.1) is 0 Å². The normalized spacial score (nSPS) is 21.0. The average Bonchev–Trinajstić information content (AvgIpc) is 3.07. The molecule has 1 aliphatic heterocycles. The smallest absolute Gasteiger partial charge is 0.272 e. The molecule has 0 saturated carbocycles. The second-order valence-corrected chi connectivity index (χ2v) is 8.48. The van der Waals surface area contributed by atoms with Gasteiger partial charge in [0.2, 0.25) is 10.0 Å². The van der Waals surface area contributed by atoms with E-state index in [1.165, 1.54) is 29.4 Å². The number of hydrogen-bond donors (Lipinski definition) is 1. The van der Waals surface area contributed by atoms with Crippen molar-refractivity contribution >= 4 is 15.7 Å². The molecule has 7 nitrogen and oxygen atoms in total. The van der Waals surface area contributed by atoms with Crippen LogP contribution in [0.5, 0.6) is 0 Å². The summed E-state index contributed by atoms with van der Waals surface area (Å²) in [6, 6.07) is 13.7. The van der Waals surface area contributed by atoms with Crippen molar-refractivity contribution in [2.75, 3.05) is 19.6 Å². The van der Waals surface area contributed by atoms with E-state index in [1.807, 2.05) is 30.3 Å². The molecule has 0 spiro atoms. The number of aryl methyl sites for hydroxylation is 1. The standard InChI is InChI=1S/C18H21N3O4S/c1-13-9-16(7-8-18(13)21(22)23)26(24,25)20-11-15(10-19)17(12-20)14-5-3-2-4-6-14/h2-9,15,17H,10-12,19H2,1H3/t15-,17+/m1/s1. The van der Waals surface area contributed by atoms with Crippen LogP contribution in [0.3, 0.4) is 0 Å². The summed E-state index contributed by atoms with van der Waals surface area (Å²) in [6.07, 6.45) is 0. The Morgan fingerprint density at radius 2 is 1.88 bits per heavy atom. The Labute approximate surface area is 152 Å². The Kier molecular flexibility index (Phi) is 5.08. The molecule has 3 rings (SSSR count). The Balaban J connectivity index is 1.91. The first kappa shape index (κ1) is 18.5. The highest BCUT2D eigenvalue weighted by molar-refractivity contribution is 7.89. The van der Waals surface area contributed by atoms with Crippen LogP contribution in [-0.2, 0) is 10.0 Å². The molecule has 8 heteroatoms. The third-order valence-electron chi connectivity index (χ3n) is 4.94. The third kappa shape index (κ3) is 3.35. The summed E-state index contributed by atoms with van der Waals surface area (Å²) < 4.78 is 27.5. The topological polar surface area (TPSA) is 107 Å². The van der Waals surface area contributed by atoms with Crippen molar-refractivity contribution < 1.29 is 13.3 Å². The van der Waals surface area contributed by atoms with Gasteiger partial charge in [-0.2, -0.15) is 4.31 Å². The van der Waals surface area contributed by atoms with Crippen LogP contribution < -0.4 is 5.73 Å². The van der Waals surface area contributed by atoms with Crippen molar-refractivity contribution in [2.24, 2.45) is 11.7 Å². The number of nitro benzene ring substituents is 1. The van der Waals surface area contributed by atoms with Gasteiger partial charge in [0, 0.05) is 30.6 Å². The molecule has 1 aliphatic rings. The van der Waals surface area contributed by atoms with E-state index in [1.54, 1.807) is 0 Å². The zero-order chi connectivity index (χ0) is 18.9. The summed E-state index contributed by atoms with van der Waals surface area (Å²) >= 11 is 0. The van der Waals surface area contributed by atoms with E-state index in [4.69, 9.17) is 5.73 Å². The van der Waals surface area contributed by atoms with Gasteiger partial charge in [-0.05, 0) is 37.1 Å². The molecule has 2 N–H and O–H groups in total. The highest BCUT2D eigenvalue weighted by atomic mass is 32.2. The predicted octanol–water partition coefficient (Wildman–Crippen LogP) is 2.27. The monoisotopic (exact) mass is 375 g/mol. The van der Waals surface area contributed by atoms with Gasteiger partial charge in [0.05, 0.1) is 9.82 Å². The second-order valence-electron chi connectivity index (χ2n) is 6.54. The summed E-state index contributed by atoms with van der Waals surface area (Å²) in [5.74, 6) is 0.0708. The first-order chi connectivity index (χ1) is 12.3. The van der Waals surface area contributed by atoms with Crippen molar-refractivity contribution in [3.8, 4) is 0 Å². The third-order valence-corrected chi connectivity index (χ3v) is 6.77. The first-order valence-electron chi connectivity index (χ1n) is 8.34. The Morgan fingerprint density at radius 3 is 2.46 bits per heavy atom. The molecular weight excluding hydrogens is 354 g/mol. The van der Waals surface area contributed by atoms with E-state index in [9.17, 15) is 18.5 Å². The van der Waals surface area contributed by atoms with E-state index < -0.39 is 14.9 Å². The molecule has 0 unspecified atom stereocenters. The lowest BCUT2D eigenvalue weighted by Crippen LogP contribution is -2.30. The number of benzene rings is 2. The van der Waals surface area contributed by atoms with Crippen molar-refractivity contribution in [1.29, 1.82) is 0 Å². The molecule has 2 aromatic rings. The van der Waals surface area contributed by atoms with E-state index in [2.05, 4.69) is 0 Å². The maximum atomic E-state index is 13.0. The number of rotatable bonds is 5. The number of nitro groups is 1. The fourth-order valence-electron chi connectivity index (χ4n) is 3.49. The number of nitrogens with zero attached hydrogens (tertiary/aromatic N) is 2. The SMILES string of the molecule is Cc1cc(S(=O)(=O)N2C[C@@H](CN)[C@H](c3ccccc3)C2)ccc1[N+](=O)[O-]. The lowest BCUT2D eigenvalue weighted by atomic mass is 9.89. The molecule has 26 heavy (non-hydrogen) atoms. The summed E-state index contributed by atoms with van der Waals surface area (Å²) in [5.41, 5.74) is 7.19. The summed E-state index contributed by atoms with van der Waals surface area (Å²) in [4.78, 5) is 10.5. The average molecular weight is 375 g/mol. The van der Waals surface area contributed by atoms with Crippen LogP contribution in [0.1, 0.15) is 17.0 Å². The lowest BCUT2D eigenvalue weighted by molar-refractivity contribution is -0.385. The molecule has 0 bridgehead atoms. The molecule has 0 aromatic heterocycles. The van der Waals surface area contributed by atoms with Gasteiger partial charge in [0.1, 0.15) is 0 Å². The number of nitrogens with two attached hydrogens (primary N) is 1.